The highest BCUT2D eigenvalue weighted by atomic mass is 35.5. The Balaban J connectivity index is 3.38. The van der Waals surface area contributed by atoms with E-state index in [1.54, 1.807) is 21.3 Å². The van der Waals surface area contributed by atoms with Gasteiger partial charge in [0, 0.05) is 32.6 Å². The summed E-state index contributed by atoms with van der Waals surface area (Å²) in [5, 5.41) is 0. The van der Waals surface area contributed by atoms with E-state index in [0.717, 1.165) is 12.8 Å². The van der Waals surface area contributed by atoms with Crippen LogP contribution >= 0.6 is 11.6 Å². The molecular weight excluding hydrogens is 516 g/mol. The molecule has 0 aliphatic heterocycles. The van der Waals surface area contributed by atoms with Crippen molar-refractivity contribution < 1.29 is 14.2 Å². The van der Waals surface area contributed by atoms with Gasteiger partial charge in [0.1, 0.15) is 0 Å². The van der Waals surface area contributed by atoms with Crippen molar-refractivity contribution in [3.05, 3.63) is 0 Å². The Labute approximate surface area is 257 Å². The molecule has 0 aromatic rings. The molecule has 0 rings (SSSR count). The van der Waals surface area contributed by atoms with Crippen LogP contribution < -0.4 is 0 Å². The molecule has 0 aromatic carbocycles. The minimum atomic E-state index is -0.858. The molecule has 1 atom stereocenters. The number of hydrogen-bond acceptors (Lipinski definition) is 3. The van der Waals surface area contributed by atoms with Crippen molar-refractivity contribution in [3.63, 3.8) is 0 Å². The van der Waals surface area contributed by atoms with Gasteiger partial charge in [0.2, 0.25) is 0 Å². The zero-order chi connectivity index (χ0) is 29.6. The molecule has 0 heterocycles. The lowest BCUT2D eigenvalue weighted by Gasteiger charge is -2.28. The van der Waals surface area contributed by atoms with Crippen LogP contribution in [-0.4, -0.2) is 32.2 Å². The van der Waals surface area contributed by atoms with Gasteiger partial charge in [-0.1, -0.05) is 167 Å². The Bertz CT molecular complexity index is 484. The molecule has 4 heteroatoms. The molecule has 0 radical (unpaired) electrons. The van der Waals surface area contributed by atoms with E-state index >= 15 is 0 Å². The lowest BCUT2D eigenvalue weighted by atomic mass is 9.94. The van der Waals surface area contributed by atoms with E-state index in [4.69, 9.17) is 25.8 Å². The Morgan fingerprint density at radius 2 is 0.600 bits per heavy atom. The second-order valence-corrected chi connectivity index (χ2v) is 13.7. The van der Waals surface area contributed by atoms with E-state index < -0.39 is 5.97 Å². The largest absolute Gasteiger partial charge is 0.331 e. The fourth-order valence-electron chi connectivity index (χ4n) is 5.97. The Hall–Kier alpha value is 0.170. The van der Waals surface area contributed by atoms with Gasteiger partial charge in [-0.2, -0.15) is 0 Å². The van der Waals surface area contributed by atoms with Crippen LogP contribution in [0.1, 0.15) is 200 Å². The summed E-state index contributed by atoms with van der Waals surface area (Å²) in [5.41, 5.74) is 0. The Morgan fingerprint density at radius 3 is 0.850 bits per heavy atom. The van der Waals surface area contributed by atoms with E-state index in [9.17, 15) is 0 Å². The highest BCUT2D eigenvalue weighted by molar-refractivity contribution is 6.23. The third kappa shape index (κ3) is 25.8. The highest BCUT2D eigenvalue weighted by Crippen LogP contribution is 2.29. The normalized spacial score (nSPS) is 13.7. The van der Waals surface area contributed by atoms with E-state index in [1.165, 1.54) is 173 Å². The quantitative estimate of drug-likeness (QED) is 0.0433. The van der Waals surface area contributed by atoms with Crippen molar-refractivity contribution in [1.29, 1.82) is 0 Å². The summed E-state index contributed by atoms with van der Waals surface area (Å²) >= 11 is 6.85. The topological polar surface area (TPSA) is 27.7 Å². The second kappa shape index (κ2) is 29.3. The second-order valence-electron chi connectivity index (χ2n) is 12.8. The molecule has 0 aromatic heterocycles. The number of hydrogen-bond donors (Lipinski definition) is 0. The number of alkyl halides is 1. The first-order chi connectivity index (χ1) is 19.4. The minimum Gasteiger partial charge on any atom is -0.331 e. The number of rotatable bonds is 33. The lowest BCUT2D eigenvalue weighted by Crippen LogP contribution is -2.35. The zero-order valence-corrected chi connectivity index (χ0v) is 28.9. The van der Waals surface area contributed by atoms with Gasteiger partial charge < -0.3 is 14.2 Å². The summed E-state index contributed by atoms with van der Waals surface area (Å²) in [6.45, 7) is 4.57. The van der Waals surface area contributed by atoms with Gasteiger partial charge in [0.05, 0.1) is 0 Å². The summed E-state index contributed by atoms with van der Waals surface area (Å²) in [6, 6.07) is 0. The number of ether oxygens (including phenoxy) is 3. The molecule has 0 fully saturated rings. The van der Waals surface area contributed by atoms with Crippen LogP contribution in [-0.2, 0) is 14.2 Å². The molecule has 0 saturated heterocycles. The van der Waals surface area contributed by atoms with Crippen molar-refractivity contribution in [2.75, 3.05) is 21.3 Å². The van der Waals surface area contributed by atoms with Gasteiger partial charge in [-0.3, -0.25) is 0 Å². The van der Waals surface area contributed by atoms with Gasteiger partial charge in [0.25, 0.3) is 5.97 Å². The van der Waals surface area contributed by atoms with Gasteiger partial charge in [-0.25, -0.2) is 0 Å². The maximum absolute atomic E-state index is 6.85. The van der Waals surface area contributed by atoms with Crippen molar-refractivity contribution in [1.82, 2.24) is 0 Å². The van der Waals surface area contributed by atoms with Crippen LogP contribution in [0.2, 0.25) is 0 Å². The highest BCUT2D eigenvalue weighted by Gasteiger charge is 2.28. The van der Waals surface area contributed by atoms with Crippen LogP contribution in [0.15, 0.2) is 0 Å². The Kier molecular flexibility index (Phi) is 29.4. The van der Waals surface area contributed by atoms with Crippen LogP contribution in [0.25, 0.3) is 0 Å². The van der Waals surface area contributed by atoms with Crippen molar-refractivity contribution >= 4 is 11.6 Å². The first-order valence-corrected chi connectivity index (χ1v) is 18.2. The van der Waals surface area contributed by atoms with Crippen molar-refractivity contribution in [2.45, 2.75) is 211 Å². The summed E-state index contributed by atoms with van der Waals surface area (Å²) in [5.74, 6) is -0.858. The average molecular weight is 589 g/mol. The maximum Gasteiger partial charge on any atom is 0.282 e. The summed E-state index contributed by atoms with van der Waals surface area (Å²) < 4.78 is 16.1. The monoisotopic (exact) mass is 589 g/mol. The minimum absolute atomic E-state index is 0.0112. The third-order valence-electron chi connectivity index (χ3n) is 8.92. The van der Waals surface area contributed by atoms with Gasteiger partial charge in [-0.15, -0.1) is 11.6 Å². The van der Waals surface area contributed by atoms with Crippen molar-refractivity contribution in [3.8, 4) is 0 Å². The van der Waals surface area contributed by atoms with Crippen molar-refractivity contribution in [2.24, 2.45) is 0 Å². The first kappa shape index (κ1) is 40.2. The predicted molar refractivity (Wildman–Crippen MR) is 178 cm³/mol. The third-order valence-corrected chi connectivity index (χ3v) is 9.29. The molecule has 0 bridgehead atoms. The number of unbranched alkanes of at least 4 members (excludes halogenated alkanes) is 24. The fraction of sp³-hybridized carbons (Fsp3) is 1.00. The fourth-order valence-corrected chi connectivity index (χ4v) is 6.24. The SMILES string of the molecule is CCCCCCCCCCCCCCCCCCCC(C)(Cl)CCCCCCCCCCCC(OC)(OC)OC. The molecule has 242 valence electrons. The summed E-state index contributed by atoms with van der Waals surface area (Å²) in [4.78, 5) is 0.0112. The number of methoxy groups -OCH3 is 3. The zero-order valence-electron chi connectivity index (χ0n) is 28.1. The van der Waals surface area contributed by atoms with Crippen LogP contribution in [0.5, 0.6) is 0 Å². The average Bonchev–Trinajstić information content (AvgIpc) is 2.95. The molecule has 0 N–H and O–H groups in total. The smallest absolute Gasteiger partial charge is 0.282 e. The molecular formula is C36H73ClO3. The van der Waals surface area contributed by atoms with E-state index in [1.807, 2.05) is 0 Å². The molecule has 0 aliphatic carbocycles. The van der Waals surface area contributed by atoms with Crippen LogP contribution in [0.4, 0.5) is 0 Å². The molecule has 1 unspecified atom stereocenters. The standard InChI is InChI=1S/C36H73ClO3/c1-6-7-8-9-10-11-12-13-14-15-16-17-18-20-23-26-29-32-35(2,37)33-30-27-24-21-19-22-25-28-31-34-36(38-3,39-4)40-5/h6-34H2,1-5H3. The number of halogens is 1. The Morgan fingerprint density at radius 1 is 0.375 bits per heavy atom. The molecule has 0 spiro atoms. The maximum atomic E-state index is 6.85. The van der Waals surface area contributed by atoms with Crippen LogP contribution in [0.3, 0.4) is 0 Å². The predicted octanol–water partition coefficient (Wildman–Crippen LogP) is 12.9. The van der Waals surface area contributed by atoms with E-state index in [2.05, 4.69) is 13.8 Å². The first-order valence-electron chi connectivity index (χ1n) is 17.8. The summed E-state index contributed by atoms with van der Waals surface area (Å²) in [7, 11) is 4.92. The molecule has 0 aliphatic rings. The summed E-state index contributed by atoms with van der Waals surface area (Å²) in [6.07, 6.45) is 39.0. The van der Waals surface area contributed by atoms with Gasteiger partial charge >= 0.3 is 0 Å². The van der Waals surface area contributed by atoms with Crippen LogP contribution in [0, 0.1) is 0 Å². The molecule has 0 amide bonds. The molecule has 40 heavy (non-hydrogen) atoms. The molecule has 0 saturated carbocycles. The van der Waals surface area contributed by atoms with E-state index in [-0.39, 0.29) is 4.87 Å². The van der Waals surface area contributed by atoms with Gasteiger partial charge in [0.15, 0.2) is 0 Å². The van der Waals surface area contributed by atoms with E-state index in [0.29, 0.717) is 0 Å². The molecule has 3 nitrogen and oxygen atoms in total. The van der Waals surface area contributed by atoms with Gasteiger partial charge in [-0.05, 0) is 26.2 Å². The lowest BCUT2D eigenvalue weighted by molar-refractivity contribution is -0.355.